The monoisotopic (exact) mass is 287 g/mol. The number of carbonyl (C=O) groups is 1. The number of imidazole rings is 1. The Balaban J connectivity index is 2.33. The number of aryl methyl sites for hydroxylation is 1. The fourth-order valence-electron chi connectivity index (χ4n) is 2.38. The highest BCUT2D eigenvalue weighted by molar-refractivity contribution is 7.89. The Bertz CT molecular complexity index is 560. The van der Waals surface area contributed by atoms with E-state index >= 15 is 0 Å². The van der Waals surface area contributed by atoms with Crippen LogP contribution in [0.15, 0.2) is 17.6 Å². The quantitative estimate of drug-likeness (QED) is 0.848. The molecule has 0 aromatic carbocycles. The van der Waals surface area contributed by atoms with Crippen molar-refractivity contribution in [3.63, 3.8) is 0 Å². The summed E-state index contributed by atoms with van der Waals surface area (Å²) < 4.78 is 27.5. The molecule has 7 nitrogen and oxygen atoms in total. The van der Waals surface area contributed by atoms with Crippen LogP contribution in [-0.2, 0) is 21.9 Å². The van der Waals surface area contributed by atoms with Gasteiger partial charge in [0.2, 0.25) is 0 Å². The lowest BCUT2D eigenvalue weighted by Gasteiger charge is -2.25. The van der Waals surface area contributed by atoms with Gasteiger partial charge in [-0.25, -0.2) is 13.4 Å². The van der Waals surface area contributed by atoms with Gasteiger partial charge >= 0.3 is 5.97 Å². The second-order valence-corrected chi connectivity index (χ2v) is 6.60. The van der Waals surface area contributed by atoms with Crippen LogP contribution in [0.4, 0.5) is 0 Å². The third kappa shape index (κ3) is 2.95. The van der Waals surface area contributed by atoms with Crippen molar-refractivity contribution >= 4 is 16.0 Å². The smallest absolute Gasteiger partial charge is 0.318 e. The van der Waals surface area contributed by atoms with Gasteiger partial charge in [-0.15, -0.1) is 0 Å². The molecular formula is C11H17N3O4S. The molecule has 0 amide bonds. The van der Waals surface area contributed by atoms with E-state index in [4.69, 9.17) is 5.11 Å². The normalized spacial score (nSPS) is 17.2. The third-order valence-electron chi connectivity index (χ3n) is 3.28. The number of hydrogen-bond acceptors (Lipinski definition) is 4. The Hall–Kier alpha value is -1.41. The molecule has 1 fully saturated rings. The molecule has 0 aliphatic heterocycles. The van der Waals surface area contributed by atoms with Gasteiger partial charge in [-0.3, -0.25) is 4.79 Å². The molecule has 106 valence electrons. The average Bonchev–Trinajstić information content (AvgIpc) is 2.96. The number of carboxylic acids is 1. The molecule has 2 rings (SSSR count). The first kappa shape index (κ1) is 14.0. The molecular weight excluding hydrogens is 270 g/mol. The maximum absolute atomic E-state index is 12.5. The first-order chi connectivity index (χ1) is 8.91. The van der Waals surface area contributed by atoms with Gasteiger partial charge in [0.1, 0.15) is 6.54 Å². The molecule has 1 aliphatic carbocycles. The number of carboxylic acid groups (broad SMARTS) is 1. The van der Waals surface area contributed by atoms with Crippen LogP contribution in [0.2, 0.25) is 0 Å². The molecule has 8 heteroatoms. The Morgan fingerprint density at radius 3 is 2.63 bits per heavy atom. The van der Waals surface area contributed by atoms with Crippen molar-refractivity contribution in [3.8, 4) is 0 Å². The van der Waals surface area contributed by atoms with Crippen LogP contribution in [0, 0.1) is 0 Å². The van der Waals surface area contributed by atoms with Crippen LogP contribution in [0.1, 0.15) is 25.7 Å². The lowest BCUT2D eigenvalue weighted by Crippen LogP contribution is -2.42. The zero-order valence-electron chi connectivity index (χ0n) is 10.7. The second-order valence-electron chi connectivity index (χ2n) is 4.76. The van der Waals surface area contributed by atoms with Crippen molar-refractivity contribution in [2.24, 2.45) is 7.05 Å². The molecule has 0 radical (unpaired) electrons. The van der Waals surface area contributed by atoms with Gasteiger partial charge in [-0.2, -0.15) is 4.31 Å². The summed E-state index contributed by atoms with van der Waals surface area (Å²) in [5, 5.41) is 8.83. The summed E-state index contributed by atoms with van der Waals surface area (Å²) in [4.78, 5) is 14.7. The van der Waals surface area contributed by atoms with Crippen LogP contribution < -0.4 is 0 Å². The molecule has 0 unspecified atom stereocenters. The molecule has 0 bridgehead atoms. The van der Waals surface area contributed by atoms with Crippen LogP contribution >= 0.6 is 0 Å². The van der Waals surface area contributed by atoms with Crippen molar-refractivity contribution in [3.05, 3.63) is 12.5 Å². The fraction of sp³-hybridized carbons (Fsp3) is 0.636. The zero-order chi connectivity index (χ0) is 14.0. The lowest BCUT2D eigenvalue weighted by atomic mass is 10.2. The molecule has 1 saturated carbocycles. The summed E-state index contributed by atoms with van der Waals surface area (Å²) in [5.74, 6) is -1.15. The van der Waals surface area contributed by atoms with Gasteiger partial charge in [-0.05, 0) is 12.8 Å². The van der Waals surface area contributed by atoms with Gasteiger partial charge in [0, 0.05) is 19.3 Å². The zero-order valence-corrected chi connectivity index (χ0v) is 11.5. The lowest BCUT2D eigenvalue weighted by molar-refractivity contribution is -0.137. The number of rotatable bonds is 5. The molecule has 1 aromatic rings. The summed E-state index contributed by atoms with van der Waals surface area (Å²) in [5.41, 5.74) is 0. The van der Waals surface area contributed by atoms with E-state index in [2.05, 4.69) is 4.98 Å². The molecule has 19 heavy (non-hydrogen) atoms. The molecule has 0 saturated heterocycles. The molecule has 1 heterocycles. The van der Waals surface area contributed by atoms with Crippen LogP contribution in [0.5, 0.6) is 0 Å². The predicted octanol–water partition coefficient (Wildman–Crippen LogP) is 0.438. The van der Waals surface area contributed by atoms with Gasteiger partial charge in [0.25, 0.3) is 10.0 Å². The van der Waals surface area contributed by atoms with E-state index in [1.54, 1.807) is 7.05 Å². The molecule has 1 aliphatic rings. The fourth-order valence-corrected chi connectivity index (χ4v) is 3.98. The highest BCUT2D eigenvalue weighted by Gasteiger charge is 2.35. The number of aromatic nitrogens is 2. The first-order valence-corrected chi connectivity index (χ1v) is 7.57. The molecule has 0 atom stereocenters. The maximum Gasteiger partial charge on any atom is 0.318 e. The minimum absolute atomic E-state index is 0.0943. The highest BCUT2D eigenvalue weighted by atomic mass is 32.2. The second kappa shape index (κ2) is 5.30. The minimum atomic E-state index is -3.84. The Morgan fingerprint density at radius 1 is 1.53 bits per heavy atom. The van der Waals surface area contributed by atoms with E-state index in [-0.39, 0.29) is 11.1 Å². The SMILES string of the molecule is Cn1cnc(S(=O)(=O)N(CC(=O)O)C2CCCC2)c1. The van der Waals surface area contributed by atoms with Crippen molar-refractivity contribution < 1.29 is 18.3 Å². The first-order valence-electron chi connectivity index (χ1n) is 6.13. The predicted molar refractivity (Wildman–Crippen MR) is 67.0 cm³/mol. The minimum Gasteiger partial charge on any atom is -0.480 e. The Kier molecular flexibility index (Phi) is 3.91. The molecule has 1 N–H and O–H groups in total. The third-order valence-corrected chi connectivity index (χ3v) is 5.06. The summed E-state index contributed by atoms with van der Waals surface area (Å²) in [6.07, 6.45) is 6.05. The van der Waals surface area contributed by atoms with E-state index in [1.165, 1.54) is 17.1 Å². The average molecular weight is 287 g/mol. The van der Waals surface area contributed by atoms with Gasteiger partial charge < -0.3 is 9.67 Å². The van der Waals surface area contributed by atoms with E-state index in [0.29, 0.717) is 12.8 Å². The van der Waals surface area contributed by atoms with Gasteiger partial charge in [0.05, 0.1) is 6.33 Å². The number of hydrogen-bond donors (Lipinski definition) is 1. The van der Waals surface area contributed by atoms with Crippen molar-refractivity contribution in [1.29, 1.82) is 0 Å². The number of sulfonamides is 1. The van der Waals surface area contributed by atoms with Crippen LogP contribution in [0.25, 0.3) is 0 Å². The largest absolute Gasteiger partial charge is 0.480 e. The number of nitrogens with zero attached hydrogens (tertiary/aromatic N) is 3. The Morgan fingerprint density at radius 2 is 2.16 bits per heavy atom. The molecule has 1 aromatic heterocycles. The van der Waals surface area contributed by atoms with Gasteiger partial charge in [0.15, 0.2) is 5.03 Å². The van der Waals surface area contributed by atoms with Crippen molar-refractivity contribution in [1.82, 2.24) is 13.9 Å². The molecule has 0 spiro atoms. The van der Waals surface area contributed by atoms with Gasteiger partial charge in [-0.1, -0.05) is 12.8 Å². The summed E-state index contributed by atoms with van der Waals surface area (Å²) in [6.45, 7) is -0.510. The van der Waals surface area contributed by atoms with E-state index < -0.39 is 22.5 Å². The summed E-state index contributed by atoms with van der Waals surface area (Å²) in [6, 6.07) is -0.233. The summed E-state index contributed by atoms with van der Waals surface area (Å²) >= 11 is 0. The standard InChI is InChI=1S/C11H17N3O4S/c1-13-6-10(12-8-13)19(17,18)14(7-11(15)16)9-4-2-3-5-9/h6,8-9H,2-5,7H2,1H3,(H,15,16). The van der Waals surface area contributed by atoms with E-state index in [0.717, 1.165) is 17.1 Å². The number of aliphatic carboxylic acids is 1. The maximum atomic E-state index is 12.5. The van der Waals surface area contributed by atoms with E-state index in [9.17, 15) is 13.2 Å². The topological polar surface area (TPSA) is 92.5 Å². The van der Waals surface area contributed by atoms with Crippen molar-refractivity contribution in [2.75, 3.05) is 6.54 Å². The van der Waals surface area contributed by atoms with Crippen LogP contribution in [0.3, 0.4) is 0 Å². The van der Waals surface area contributed by atoms with E-state index in [1.807, 2.05) is 0 Å². The summed E-state index contributed by atoms with van der Waals surface area (Å²) in [7, 11) is -2.17. The van der Waals surface area contributed by atoms with Crippen molar-refractivity contribution in [2.45, 2.75) is 36.8 Å². The Labute approximate surface area is 111 Å². The van der Waals surface area contributed by atoms with Crippen LogP contribution in [-0.4, -0.2) is 45.9 Å². The highest BCUT2D eigenvalue weighted by Crippen LogP contribution is 2.27.